The summed E-state index contributed by atoms with van der Waals surface area (Å²) in [6, 6.07) is 0. The zero-order chi connectivity index (χ0) is 9.68. The number of alkyl halides is 1. The van der Waals surface area contributed by atoms with E-state index in [1.165, 1.54) is 0 Å². The van der Waals surface area contributed by atoms with Gasteiger partial charge in [-0.05, 0) is 25.7 Å². The van der Waals surface area contributed by atoms with Gasteiger partial charge in [-0.3, -0.25) is 4.79 Å². The van der Waals surface area contributed by atoms with Gasteiger partial charge in [-0.15, -0.1) is 0 Å². The van der Waals surface area contributed by atoms with Crippen LogP contribution in [-0.4, -0.2) is 11.5 Å². The average molecular weight is 205 g/mol. The molecule has 2 nitrogen and oxygen atoms in total. The van der Waals surface area contributed by atoms with Gasteiger partial charge in [0.05, 0.1) is 5.92 Å². The lowest BCUT2D eigenvalue weighted by Gasteiger charge is -2.24. The predicted octanol–water partition coefficient (Wildman–Crippen LogP) is 3.08. The zero-order valence-corrected chi connectivity index (χ0v) is 8.85. The van der Waals surface area contributed by atoms with Crippen LogP contribution in [0.25, 0.3) is 0 Å². The normalized spacial score (nSPS) is 19.2. The van der Waals surface area contributed by atoms with Gasteiger partial charge in [0.2, 0.25) is 0 Å². The molecule has 1 aliphatic rings. The molecule has 0 aromatic heterocycles. The Morgan fingerprint density at radius 1 is 1.62 bits per heavy atom. The van der Waals surface area contributed by atoms with Crippen molar-refractivity contribution >= 4 is 17.6 Å². The number of unbranched alkanes of at least 4 members (excludes halogenated alkanes) is 1. The average Bonchev–Trinajstić information content (AvgIpc) is 1.97. The first-order valence-corrected chi connectivity index (χ1v) is 5.52. The van der Waals surface area contributed by atoms with Crippen LogP contribution in [0, 0.1) is 5.92 Å². The number of ether oxygens (including phenoxy) is 1. The number of halogens is 1. The summed E-state index contributed by atoms with van der Waals surface area (Å²) in [5.41, 5.74) is -0.409. The van der Waals surface area contributed by atoms with E-state index in [9.17, 15) is 4.79 Å². The standard InChI is InChI=1S/C10H17ClO2/c1-2-3-7-9(11)13-10(12)8-5-4-6-8/h8-9H,2-7H2,1H3. The van der Waals surface area contributed by atoms with Gasteiger partial charge in [0.25, 0.3) is 0 Å². The molecule has 1 rings (SSSR count). The number of carbonyl (C=O) groups excluding carboxylic acids is 1. The minimum atomic E-state index is -0.409. The number of carbonyl (C=O) groups is 1. The third-order valence-electron chi connectivity index (χ3n) is 2.47. The van der Waals surface area contributed by atoms with Gasteiger partial charge in [0.1, 0.15) is 0 Å². The van der Waals surface area contributed by atoms with E-state index in [1.807, 2.05) is 0 Å². The Balaban J connectivity index is 2.11. The fourth-order valence-corrected chi connectivity index (χ4v) is 1.53. The lowest BCUT2D eigenvalue weighted by molar-refractivity contribution is -0.153. The van der Waals surface area contributed by atoms with Gasteiger partial charge in [-0.1, -0.05) is 31.4 Å². The third kappa shape index (κ3) is 3.55. The highest BCUT2D eigenvalue weighted by atomic mass is 35.5. The molecule has 0 heterocycles. The van der Waals surface area contributed by atoms with Crippen LogP contribution in [0.3, 0.4) is 0 Å². The molecule has 0 aromatic rings. The van der Waals surface area contributed by atoms with Crippen molar-refractivity contribution in [3.8, 4) is 0 Å². The summed E-state index contributed by atoms with van der Waals surface area (Å²) in [6.07, 6.45) is 6.00. The molecule has 0 amide bonds. The predicted molar refractivity (Wildman–Crippen MR) is 52.6 cm³/mol. The maximum absolute atomic E-state index is 11.3. The maximum Gasteiger partial charge on any atom is 0.310 e. The Morgan fingerprint density at radius 2 is 2.31 bits per heavy atom. The first-order valence-electron chi connectivity index (χ1n) is 5.08. The van der Waals surface area contributed by atoms with Gasteiger partial charge in [-0.2, -0.15) is 0 Å². The number of hydrogen-bond acceptors (Lipinski definition) is 2. The van der Waals surface area contributed by atoms with Crippen molar-refractivity contribution in [2.45, 2.75) is 51.0 Å². The largest absolute Gasteiger partial charge is 0.446 e. The fourth-order valence-electron chi connectivity index (χ4n) is 1.29. The topological polar surface area (TPSA) is 26.3 Å². The quantitative estimate of drug-likeness (QED) is 0.508. The zero-order valence-electron chi connectivity index (χ0n) is 8.09. The van der Waals surface area contributed by atoms with Gasteiger partial charge in [0, 0.05) is 0 Å². The van der Waals surface area contributed by atoms with Crippen LogP contribution in [0.2, 0.25) is 0 Å². The first kappa shape index (κ1) is 10.8. The highest BCUT2D eigenvalue weighted by Gasteiger charge is 2.28. The highest BCUT2D eigenvalue weighted by Crippen LogP contribution is 2.28. The van der Waals surface area contributed by atoms with Crippen LogP contribution in [-0.2, 0) is 9.53 Å². The van der Waals surface area contributed by atoms with Crippen LogP contribution >= 0.6 is 11.6 Å². The van der Waals surface area contributed by atoms with Gasteiger partial charge >= 0.3 is 5.97 Å². The lowest BCUT2D eigenvalue weighted by atomic mass is 9.86. The fraction of sp³-hybridized carbons (Fsp3) is 0.900. The molecule has 0 saturated heterocycles. The van der Waals surface area contributed by atoms with Crippen molar-refractivity contribution in [2.24, 2.45) is 5.92 Å². The van der Waals surface area contributed by atoms with E-state index < -0.39 is 5.56 Å². The van der Waals surface area contributed by atoms with Crippen molar-refractivity contribution in [3.63, 3.8) is 0 Å². The van der Waals surface area contributed by atoms with Crippen LogP contribution < -0.4 is 0 Å². The molecule has 1 fully saturated rings. The SMILES string of the molecule is CCCCC(Cl)OC(=O)C1CCC1. The van der Waals surface area contributed by atoms with Crippen LogP contribution in [0.5, 0.6) is 0 Å². The molecule has 0 aliphatic heterocycles. The molecule has 0 aromatic carbocycles. The molecule has 1 aliphatic carbocycles. The van der Waals surface area contributed by atoms with E-state index >= 15 is 0 Å². The van der Waals surface area contributed by atoms with Crippen LogP contribution in [0.1, 0.15) is 45.4 Å². The molecule has 0 spiro atoms. The Hall–Kier alpha value is -0.240. The molecule has 0 radical (unpaired) electrons. The Labute approximate surface area is 84.6 Å². The van der Waals surface area contributed by atoms with Gasteiger partial charge in [0.15, 0.2) is 5.56 Å². The van der Waals surface area contributed by atoms with Crippen molar-refractivity contribution in [1.29, 1.82) is 0 Å². The molecule has 76 valence electrons. The van der Waals surface area contributed by atoms with Gasteiger partial charge < -0.3 is 4.74 Å². The number of esters is 1. The molecule has 1 saturated carbocycles. The van der Waals surface area contributed by atoms with E-state index in [2.05, 4.69) is 6.92 Å². The minimum absolute atomic E-state index is 0.0950. The Bertz CT molecular complexity index is 166. The maximum atomic E-state index is 11.3. The minimum Gasteiger partial charge on any atom is -0.446 e. The van der Waals surface area contributed by atoms with Crippen molar-refractivity contribution in [1.82, 2.24) is 0 Å². The van der Waals surface area contributed by atoms with E-state index in [4.69, 9.17) is 16.3 Å². The van der Waals surface area contributed by atoms with Crippen LogP contribution in [0.15, 0.2) is 0 Å². The molecular formula is C10H17ClO2. The summed E-state index contributed by atoms with van der Waals surface area (Å²) in [5.74, 6) is 0.0465. The van der Waals surface area contributed by atoms with Crippen molar-refractivity contribution in [3.05, 3.63) is 0 Å². The van der Waals surface area contributed by atoms with Gasteiger partial charge in [-0.25, -0.2) is 0 Å². The Kier molecular flexibility index (Phi) is 4.57. The van der Waals surface area contributed by atoms with Crippen molar-refractivity contribution < 1.29 is 9.53 Å². The second kappa shape index (κ2) is 5.48. The molecule has 13 heavy (non-hydrogen) atoms. The number of hydrogen-bond donors (Lipinski definition) is 0. The second-order valence-corrected chi connectivity index (χ2v) is 4.10. The first-order chi connectivity index (χ1) is 6.24. The monoisotopic (exact) mass is 204 g/mol. The molecular weight excluding hydrogens is 188 g/mol. The van der Waals surface area contributed by atoms with E-state index in [0.717, 1.165) is 38.5 Å². The summed E-state index contributed by atoms with van der Waals surface area (Å²) >= 11 is 5.84. The molecule has 1 atom stereocenters. The van der Waals surface area contributed by atoms with Crippen molar-refractivity contribution in [2.75, 3.05) is 0 Å². The lowest BCUT2D eigenvalue weighted by Crippen LogP contribution is -2.26. The summed E-state index contributed by atoms with van der Waals surface area (Å²) < 4.78 is 5.08. The molecule has 0 N–H and O–H groups in total. The highest BCUT2D eigenvalue weighted by molar-refractivity contribution is 6.20. The molecule has 3 heteroatoms. The van der Waals surface area contributed by atoms with E-state index in [0.29, 0.717) is 0 Å². The summed E-state index contributed by atoms with van der Waals surface area (Å²) in [7, 11) is 0. The summed E-state index contributed by atoms with van der Waals surface area (Å²) in [5, 5.41) is 0. The smallest absolute Gasteiger partial charge is 0.310 e. The Morgan fingerprint density at radius 3 is 2.77 bits per heavy atom. The summed E-state index contributed by atoms with van der Waals surface area (Å²) in [4.78, 5) is 11.3. The van der Waals surface area contributed by atoms with E-state index in [1.54, 1.807) is 0 Å². The molecule has 1 unspecified atom stereocenters. The van der Waals surface area contributed by atoms with Crippen LogP contribution in [0.4, 0.5) is 0 Å². The molecule has 0 bridgehead atoms. The van der Waals surface area contributed by atoms with E-state index in [-0.39, 0.29) is 11.9 Å². The third-order valence-corrected chi connectivity index (χ3v) is 2.77. The number of rotatable bonds is 5. The second-order valence-electron chi connectivity index (χ2n) is 3.62. The summed E-state index contributed by atoms with van der Waals surface area (Å²) in [6.45, 7) is 2.09.